The van der Waals surface area contributed by atoms with E-state index in [9.17, 15) is 0 Å². The van der Waals surface area contributed by atoms with Crippen molar-refractivity contribution in [2.45, 2.75) is 18.9 Å². The molecular weight excluding hydrogens is 196 g/mol. The van der Waals surface area contributed by atoms with Gasteiger partial charge in [0.05, 0.1) is 13.2 Å². The highest BCUT2D eigenvalue weighted by atomic mass is 16.6. The number of rotatable bonds is 5. The molecular formula is C9H24N4O2. The van der Waals surface area contributed by atoms with Crippen molar-refractivity contribution in [3.63, 3.8) is 0 Å². The predicted molar refractivity (Wildman–Crippen MR) is 60.2 cm³/mol. The molecule has 1 atom stereocenters. The van der Waals surface area contributed by atoms with E-state index in [2.05, 4.69) is 10.8 Å². The van der Waals surface area contributed by atoms with Crippen molar-refractivity contribution in [2.24, 2.45) is 11.5 Å². The van der Waals surface area contributed by atoms with Gasteiger partial charge in [0.2, 0.25) is 0 Å². The molecule has 0 saturated carbocycles. The van der Waals surface area contributed by atoms with Crippen molar-refractivity contribution >= 4 is 0 Å². The van der Waals surface area contributed by atoms with Gasteiger partial charge in [0.25, 0.3) is 0 Å². The molecule has 0 radical (unpaired) electrons. The Morgan fingerprint density at radius 1 is 1.47 bits per heavy atom. The van der Waals surface area contributed by atoms with Gasteiger partial charge in [0, 0.05) is 32.2 Å². The van der Waals surface area contributed by atoms with Gasteiger partial charge in [-0.25, -0.2) is 5.48 Å². The van der Waals surface area contributed by atoms with Gasteiger partial charge in [-0.15, -0.1) is 0 Å². The fraction of sp³-hybridized carbons (Fsp3) is 1.00. The average Bonchev–Trinajstić information content (AvgIpc) is 2.32. The highest BCUT2D eigenvalue weighted by Gasteiger charge is 1.96. The summed E-state index contributed by atoms with van der Waals surface area (Å²) in [7, 11) is 0. The molecule has 1 heterocycles. The molecule has 92 valence electrons. The quantitative estimate of drug-likeness (QED) is 0.349. The van der Waals surface area contributed by atoms with Crippen LogP contribution >= 0.6 is 0 Å². The minimum absolute atomic E-state index is 0.0254. The molecule has 6 heteroatoms. The molecule has 0 amide bonds. The lowest BCUT2D eigenvalue weighted by Gasteiger charge is -2.09. The first-order valence-corrected chi connectivity index (χ1v) is 5.43. The monoisotopic (exact) mass is 220 g/mol. The van der Waals surface area contributed by atoms with Gasteiger partial charge < -0.3 is 26.7 Å². The summed E-state index contributed by atoms with van der Waals surface area (Å²) >= 11 is 0. The third-order valence-corrected chi connectivity index (χ3v) is 1.84. The molecule has 0 aromatic carbocycles. The largest absolute Gasteiger partial charge is 0.395 e. The minimum Gasteiger partial charge on any atom is -0.395 e. The molecule has 0 spiro atoms. The van der Waals surface area contributed by atoms with E-state index in [0.717, 1.165) is 19.7 Å². The smallest absolute Gasteiger partial charge is 0.0682 e. The van der Waals surface area contributed by atoms with Crippen LogP contribution in [0.15, 0.2) is 0 Å². The van der Waals surface area contributed by atoms with Crippen LogP contribution in [0.4, 0.5) is 0 Å². The number of aliphatic hydroxyl groups excluding tert-OH is 1. The number of nitrogens with two attached hydrogens (primary N) is 2. The molecule has 1 unspecified atom stereocenters. The second kappa shape index (κ2) is 11.8. The zero-order valence-corrected chi connectivity index (χ0v) is 9.24. The summed E-state index contributed by atoms with van der Waals surface area (Å²) in [6.07, 6.45) is 2.48. The molecule has 1 fully saturated rings. The van der Waals surface area contributed by atoms with Crippen molar-refractivity contribution < 1.29 is 9.94 Å². The first-order valence-electron chi connectivity index (χ1n) is 5.43. The Hall–Kier alpha value is -0.240. The van der Waals surface area contributed by atoms with E-state index in [1.807, 2.05) is 0 Å². The van der Waals surface area contributed by atoms with E-state index < -0.39 is 0 Å². The summed E-state index contributed by atoms with van der Waals surface area (Å²) in [5.41, 5.74) is 13.3. The van der Waals surface area contributed by atoms with Crippen molar-refractivity contribution in [1.82, 2.24) is 10.8 Å². The normalized spacial score (nSPS) is 17.8. The van der Waals surface area contributed by atoms with E-state index in [4.69, 9.17) is 21.4 Å². The van der Waals surface area contributed by atoms with Crippen LogP contribution in [0.1, 0.15) is 12.8 Å². The fourth-order valence-corrected chi connectivity index (χ4v) is 0.970. The second-order valence-corrected chi connectivity index (χ2v) is 3.39. The van der Waals surface area contributed by atoms with Crippen LogP contribution in [-0.2, 0) is 4.84 Å². The second-order valence-electron chi connectivity index (χ2n) is 3.39. The van der Waals surface area contributed by atoms with Crippen LogP contribution in [0.3, 0.4) is 0 Å². The summed E-state index contributed by atoms with van der Waals surface area (Å²) in [6.45, 7) is 3.94. The molecule has 7 N–H and O–H groups in total. The highest BCUT2D eigenvalue weighted by molar-refractivity contribution is 4.61. The van der Waals surface area contributed by atoms with Crippen LogP contribution in [-0.4, -0.2) is 50.5 Å². The Morgan fingerprint density at radius 2 is 2.27 bits per heavy atom. The van der Waals surface area contributed by atoms with Gasteiger partial charge in [0.15, 0.2) is 0 Å². The lowest BCUT2D eigenvalue weighted by atomic mass is 10.3. The van der Waals surface area contributed by atoms with Gasteiger partial charge >= 0.3 is 0 Å². The molecule has 1 aliphatic heterocycles. The Balaban J connectivity index is 0.000000280. The van der Waals surface area contributed by atoms with Gasteiger partial charge in [-0.05, 0) is 12.8 Å². The van der Waals surface area contributed by atoms with E-state index >= 15 is 0 Å². The lowest BCUT2D eigenvalue weighted by molar-refractivity contribution is 0.0128. The number of hydrogen-bond acceptors (Lipinski definition) is 6. The number of hydrogen-bond donors (Lipinski definition) is 5. The third-order valence-electron chi connectivity index (χ3n) is 1.84. The van der Waals surface area contributed by atoms with Crippen molar-refractivity contribution in [1.29, 1.82) is 0 Å². The molecule has 15 heavy (non-hydrogen) atoms. The fourth-order valence-electron chi connectivity index (χ4n) is 0.970. The minimum atomic E-state index is -0.156. The SMILES string of the molecule is C1CCONC1.NCCNCC(N)CO. The average molecular weight is 220 g/mol. The van der Waals surface area contributed by atoms with Gasteiger partial charge in [-0.1, -0.05) is 0 Å². The van der Waals surface area contributed by atoms with Crippen LogP contribution < -0.4 is 22.3 Å². The Bertz CT molecular complexity index is 111. The third kappa shape index (κ3) is 11.7. The molecule has 1 saturated heterocycles. The highest BCUT2D eigenvalue weighted by Crippen LogP contribution is 1.91. The number of aliphatic hydroxyl groups is 1. The molecule has 0 aromatic rings. The maximum atomic E-state index is 8.44. The maximum absolute atomic E-state index is 8.44. The number of hydroxylamine groups is 1. The summed E-state index contributed by atoms with van der Waals surface area (Å²) in [5, 5.41) is 11.4. The van der Waals surface area contributed by atoms with Gasteiger partial charge in [0.1, 0.15) is 0 Å². The first-order chi connectivity index (χ1) is 7.31. The zero-order valence-electron chi connectivity index (χ0n) is 9.24. The summed E-state index contributed by atoms with van der Waals surface area (Å²) in [4.78, 5) is 4.82. The molecule has 0 bridgehead atoms. The summed E-state index contributed by atoms with van der Waals surface area (Å²) in [5.74, 6) is 0. The Morgan fingerprint density at radius 3 is 2.60 bits per heavy atom. The van der Waals surface area contributed by atoms with Crippen LogP contribution in [0.5, 0.6) is 0 Å². The van der Waals surface area contributed by atoms with Crippen molar-refractivity contribution in [3.8, 4) is 0 Å². The van der Waals surface area contributed by atoms with E-state index in [1.54, 1.807) is 0 Å². The van der Waals surface area contributed by atoms with Gasteiger partial charge in [-0.2, -0.15) is 0 Å². The topological polar surface area (TPSA) is 106 Å². The van der Waals surface area contributed by atoms with Gasteiger partial charge in [-0.3, -0.25) is 0 Å². The molecule has 1 rings (SSSR count). The lowest BCUT2D eigenvalue weighted by Crippen LogP contribution is -2.38. The molecule has 6 nitrogen and oxygen atoms in total. The molecule has 0 aliphatic carbocycles. The predicted octanol–water partition coefficient (Wildman–Crippen LogP) is -1.84. The van der Waals surface area contributed by atoms with Crippen molar-refractivity contribution in [2.75, 3.05) is 39.4 Å². The summed E-state index contributed by atoms with van der Waals surface area (Å²) < 4.78 is 0. The molecule has 1 aliphatic rings. The number of nitrogens with one attached hydrogen (secondary N) is 2. The summed E-state index contributed by atoms with van der Waals surface area (Å²) in [6, 6.07) is -0.156. The standard InChI is InChI=1S/C5H15N3O.C4H9NO/c6-1-2-8-3-5(7)4-9;1-2-4-6-5-3-1/h5,8-9H,1-4,6-7H2;5H,1-4H2. The van der Waals surface area contributed by atoms with E-state index in [-0.39, 0.29) is 12.6 Å². The van der Waals surface area contributed by atoms with Crippen LogP contribution in [0, 0.1) is 0 Å². The Kier molecular flexibility index (Phi) is 11.6. The zero-order chi connectivity index (χ0) is 11.4. The Labute approximate surface area is 91.3 Å². The van der Waals surface area contributed by atoms with E-state index in [1.165, 1.54) is 12.8 Å². The van der Waals surface area contributed by atoms with Crippen LogP contribution in [0.2, 0.25) is 0 Å². The molecule has 0 aromatic heterocycles. The van der Waals surface area contributed by atoms with Crippen LogP contribution in [0.25, 0.3) is 0 Å². The van der Waals surface area contributed by atoms with E-state index in [0.29, 0.717) is 13.1 Å². The first kappa shape index (κ1) is 14.8. The van der Waals surface area contributed by atoms with Crippen molar-refractivity contribution in [3.05, 3.63) is 0 Å². The maximum Gasteiger partial charge on any atom is 0.0682 e.